The van der Waals surface area contributed by atoms with E-state index < -0.39 is 18.1 Å². The van der Waals surface area contributed by atoms with Gasteiger partial charge < -0.3 is 0 Å². The molecule has 148 valence electrons. The highest BCUT2D eigenvalue weighted by Crippen LogP contribution is 2.32. The molecule has 0 N–H and O–H groups in total. The molecular weight excluding hydrogens is 446 g/mol. The zero-order valence-electron chi connectivity index (χ0n) is 21.2. The van der Waals surface area contributed by atoms with E-state index in [9.17, 15) is 0 Å². The van der Waals surface area contributed by atoms with Crippen LogP contribution in [0.15, 0.2) is 114 Å². The van der Waals surface area contributed by atoms with Gasteiger partial charge in [0.2, 0.25) is 0 Å². The minimum atomic E-state index is -0.467. The van der Waals surface area contributed by atoms with Gasteiger partial charge in [-0.25, -0.2) is 15.0 Å². The van der Waals surface area contributed by atoms with Crippen molar-refractivity contribution in [2.75, 3.05) is 0 Å². The van der Waals surface area contributed by atoms with Crippen molar-refractivity contribution in [2.45, 2.75) is 0 Å². The maximum Gasteiger partial charge on any atom is 0.164 e. The molecule has 1 heterocycles. The van der Waals surface area contributed by atoms with Crippen molar-refractivity contribution < 1.29 is 6.85 Å². The predicted molar refractivity (Wildman–Crippen MR) is 129 cm³/mol. The molecule has 0 atom stereocenters. The van der Waals surface area contributed by atoms with E-state index in [-0.39, 0.29) is 23.5 Å². The summed E-state index contributed by atoms with van der Waals surface area (Å²) in [6.07, 6.45) is 0. The molecule has 0 saturated carbocycles. The fourth-order valence-corrected chi connectivity index (χ4v) is 3.51. The van der Waals surface area contributed by atoms with E-state index in [1.54, 1.807) is 0 Å². The van der Waals surface area contributed by atoms with Crippen molar-refractivity contribution in [1.82, 2.24) is 15.0 Å². The summed E-state index contributed by atoms with van der Waals surface area (Å²) in [4.78, 5) is 13.9. The second kappa shape index (κ2) is 8.62. The van der Waals surface area contributed by atoms with Gasteiger partial charge >= 0.3 is 0 Å². The molecule has 3 nitrogen and oxygen atoms in total. The van der Waals surface area contributed by atoms with Crippen LogP contribution in [0.1, 0.15) is 6.85 Å². The fourth-order valence-electron chi connectivity index (χ4n) is 3.25. The van der Waals surface area contributed by atoms with Gasteiger partial charge in [0, 0.05) is 21.2 Å². The van der Waals surface area contributed by atoms with Crippen molar-refractivity contribution in [3.63, 3.8) is 0 Å². The molecule has 0 bridgehead atoms. The van der Waals surface area contributed by atoms with E-state index in [4.69, 9.17) is 11.8 Å². The normalized spacial score (nSPS) is 13.0. The summed E-state index contributed by atoms with van der Waals surface area (Å²) in [5, 5.41) is 0. The number of rotatable bonds is 4. The van der Waals surface area contributed by atoms with Gasteiger partial charge in [-0.2, -0.15) is 0 Å². The molecule has 0 aliphatic rings. The summed E-state index contributed by atoms with van der Waals surface area (Å²) in [6, 6.07) is 22.8. The molecule has 0 aliphatic heterocycles. The summed E-state index contributed by atoms with van der Waals surface area (Å²) in [6.45, 7) is 0. The maximum atomic E-state index is 8.45. The molecule has 0 saturated heterocycles. The minimum Gasteiger partial charge on any atom is -0.208 e. The minimum absolute atomic E-state index is 0.0118. The first-order valence-corrected chi connectivity index (χ1v) is 10.4. The zero-order valence-corrected chi connectivity index (χ0v) is 17.8. The topological polar surface area (TPSA) is 38.7 Å². The van der Waals surface area contributed by atoms with Crippen LogP contribution in [0.25, 0.3) is 45.3 Å². The van der Waals surface area contributed by atoms with Crippen molar-refractivity contribution in [3.05, 3.63) is 114 Å². The van der Waals surface area contributed by atoms with Crippen LogP contribution < -0.4 is 0 Å². The van der Waals surface area contributed by atoms with E-state index >= 15 is 0 Å². The average Bonchev–Trinajstić information content (AvgIpc) is 2.91. The average molecular weight is 469 g/mol. The SMILES string of the molecule is [2H]c1c([2H])c([2H])c(-c2nc(-c3ccc(Br)cc3)nc(-c3ccccc3-c3ccccc3)n2)c([2H])c1[2H]. The molecule has 0 fully saturated rings. The van der Waals surface area contributed by atoms with Gasteiger partial charge in [-0.1, -0.05) is 113 Å². The third-order valence-electron chi connectivity index (χ3n) is 4.71. The van der Waals surface area contributed by atoms with E-state index in [1.165, 1.54) is 0 Å². The number of hydrogen-bond donors (Lipinski definition) is 0. The van der Waals surface area contributed by atoms with Crippen molar-refractivity contribution in [2.24, 2.45) is 0 Å². The molecule has 0 amide bonds. The molecule has 0 radical (unpaired) electrons. The summed E-state index contributed by atoms with van der Waals surface area (Å²) < 4.78 is 41.9. The summed E-state index contributed by atoms with van der Waals surface area (Å²) >= 11 is 3.44. The molecule has 5 rings (SSSR count). The molecule has 4 heteroatoms. The maximum absolute atomic E-state index is 8.45. The lowest BCUT2D eigenvalue weighted by atomic mass is 9.99. The quantitative estimate of drug-likeness (QED) is 0.277. The Hall–Kier alpha value is -3.63. The third-order valence-corrected chi connectivity index (χ3v) is 5.24. The Labute approximate surface area is 196 Å². The van der Waals surface area contributed by atoms with E-state index in [0.717, 1.165) is 21.2 Å². The standard InChI is InChI=1S/C27H18BrN3/c28-22-17-15-21(16-18-22)26-29-25(20-11-5-2-6-12-20)30-27(31-26)24-14-8-7-13-23(24)19-9-3-1-4-10-19/h1-18H/i2D,5D,6D,11D,12D. The van der Waals surface area contributed by atoms with E-state index in [2.05, 4.69) is 25.9 Å². The predicted octanol–water partition coefficient (Wildman–Crippen LogP) is 7.30. The second-order valence-corrected chi connectivity index (χ2v) is 7.64. The molecule has 1 aromatic heterocycles. The zero-order chi connectivity index (χ0) is 25.4. The molecule has 0 spiro atoms. The van der Waals surface area contributed by atoms with Gasteiger partial charge in [-0.15, -0.1) is 0 Å². The summed E-state index contributed by atoms with van der Waals surface area (Å²) in [7, 11) is 0. The van der Waals surface area contributed by atoms with Crippen LogP contribution in [0, 0.1) is 0 Å². The fraction of sp³-hybridized carbons (Fsp3) is 0. The Kier molecular flexibility index (Phi) is 4.00. The van der Waals surface area contributed by atoms with Gasteiger partial charge in [0.1, 0.15) is 0 Å². The third kappa shape index (κ3) is 4.16. The largest absolute Gasteiger partial charge is 0.208 e. The molecular formula is C27H18BrN3. The van der Waals surface area contributed by atoms with Crippen LogP contribution in [0.3, 0.4) is 0 Å². The number of halogens is 1. The highest BCUT2D eigenvalue weighted by atomic mass is 79.9. The van der Waals surface area contributed by atoms with Gasteiger partial charge in [-0.05, 0) is 23.3 Å². The second-order valence-electron chi connectivity index (χ2n) is 6.72. The first-order valence-electron chi connectivity index (χ1n) is 12.1. The highest BCUT2D eigenvalue weighted by molar-refractivity contribution is 9.10. The highest BCUT2D eigenvalue weighted by Gasteiger charge is 2.15. The lowest BCUT2D eigenvalue weighted by Gasteiger charge is -2.12. The lowest BCUT2D eigenvalue weighted by molar-refractivity contribution is 1.07. The van der Waals surface area contributed by atoms with Crippen LogP contribution in [0.4, 0.5) is 0 Å². The lowest BCUT2D eigenvalue weighted by Crippen LogP contribution is -2.01. The van der Waals surface area contributed by atoms with Gasteiger partial charge in [0.05, 0.1) is 6.85 Å². The van der Waals surface area contributed by atoms with Crippen LogP contribution in [-0.2, 0) is 0 Å². The van der Waals surface area contributed by atoms with Gasteiger partial charge in [-0.3, -0.25) is 0 Å². The Balaban J connectivity index is 1.81. The van der Waals surface area contributed by atoms with Crippen molar-refractivity contribution in [3.8, 4) is 45.3 Å². The number of hydrogen-bond acceptors (Lipinski definition) is 3. The first-order chi connectivity index (χ1) is 17.3. The van der Waals surface area contributed by atoms with Gasteiger partial charge in [0.25, 0.3) is 0 Å². The van der Waals surface area contributed by atoms with Crippen LogP contribution in [0.5, 0.6) is 0 Å². The van der Waals surface area contributed by atoms with E-state index in [1.807, 2.05) is 78.9 Å². The Morgan fingerprint density at radius 3 is 1.81 bits per heavy atom. The Bertz CT molecular complexity index is 1560. The van der Waals surface area contributed by atoms with Crippen LogP contribution in [-0.4, -0.2) is 15.0 Å². The molecule has 4 aromatic carbocycles. The number of nitrogens with zero attached hydrogens (tertiary/aromatic N) is 3. The van der Waals surface area contributed by atoms with Crippen molar-refractivity contribution in [1.29, 1.82) is 0 Å². The molecule has 0 aliphatic carbocycles. The van der Waals surface area contributed by atoms with E-state index in [0.29, 0.717) is 17.2 Å². The van der Waals surface area contributed by atoms with Crippen LogP contribution >= 0.6 is 15.9 Å². The monoisotopic (exact) mass is 468 g/mol. The summed E-state index contributed by atoms with van der Waals surface area (Å²) in [5.41, 5.74) is 3.24. The first kappa shape index (κ1) is 14.4. The van der Waals surface area contributed by atoms with Gasteiger partial charge in [0.15, 0.2) is 17.5 Å². The summed E-state index contributed by atoms with van der Waals surface area (Å²) in [5.74, 6) is 0.680. The van der Waals surface area contributed by atoms with Crippen LogP contribution in [0.2, 0.25) is 0 Å². The Morgan fingerprint density at radius 1 is 0.516 bits per heavy atom. The molecule has 31 heavy (non-hydrogen) atoms. The number of benzene rings is 4. The Morgan fingerprint density at radius 2 is 1.10 bits per heavy atom. The molecule has 5 aromatic rings. The van der Waals surface area contributed by atoms with Crippen molar-refractivity contribution >= 4 is 15.9 Å². The smallest absolute Gasteiger partial charge is 0.164 e. The molecule has 0 unspecified atom stereocenters. The number of aromatic nitrogens is 3.